The third kappa shape index (κ3) is 5.14. The van der Waals surface area contributed by atoms with Crippen LogP contribution in [-0.4, -0.2) is 54.1 Å². The lowest BCUT2D eigenvalue weighted by atomic mass is 10.2. The Kier molecular flexibility index (Phi) is 5.92. The molecule has 29 heavy (non-hydrogen) atoms. The van der Waals surface area contributed by atoms with E-state index in [1.54, 1.807) is 13.8 Å². The highest BCUT2D eigenvalue weighted by Gasteiger charge is 2.30. The second-order valence-corrected chi connectivity index (χ2v) is 7.02. The SMILES string of the molecule is Cc1nc(N2CCN(C)CC2)nc(C)c1NC(=O)Nc1cccc(C(F)(F)F)c1. The minimum absolute atomic E-state index is 0.0441. The van der Waals surface area contributed by atoms with E-state index in [1.165, 1.54) is 12.1 Å². The van der Waals surface area contributed by atoms with Crippen molar-refractivity contribution in [3.8, 4) is 0 Å². The van der Waals surface area contributed by atoms with Gasteiger partial charge in [0.15, 0.2) is 0 Å². The van der Waals surface area contributed by atoms with Gasteiger partial charge in [0.2, 0.25) is 5.95 Å². The summed E-state index contributed by atoms with van der Waals surface area (Å²) in [7, 11) is 2.06. The Bertz CT molecular complexity index is 871. The van der Waals surface area contributed by atoms with Crippen LogP contribution in [0.1, 0.15) is 17.0 Å². The number of piperazine rings is 1. The standard InChI is InChI=1S/C19H23F3N6O/c1-12-16(13(2)24-17(23-12)28-9-7-27(3)8-10-28)26-18(29)25-15-6-4-5-14(11-15)19(20,21)22/h4-6,11H,7-10H2,1-3H3,(H2,25,26,29). The maximum Gasteiger partial charge on any atom is 0.416 e. The van der Waals surface area contributed by atoms with E-state index in [4.69, 9.17) is 0 Å². The number of carbonyl (C=O) groups excluding carboxylic acids is 1. The molecule has 0 radical (unpaired) electrons. The summed E-state index contributed by atoms with van der Waals surface area (Å²) in [5, 5.41) is 5.06. The highest BCUT2D eigenvalue weighted by atomic mass is 19.4. The normalized spacial score (nSPS) is 15.3. The van der Waals surface area contributed by atoms with Crippen molar-refractivity contribution in [3.05, 3.63) is 41.2 Å². The molecule has 1 saturated heterocycles. The van der Waals surface area contributed by atoms with E-state index in [0.717, 1.165) is 38.3 Å². The van der Waals surface area contributed by atoms with Gasteiger partial charge in [-0.3, -0.25) is 0 Å². The second kappa shape index (κ2) is 8.24. The first kappa shape index (κ1) is 20.8. The molecule has 10 heteroatoms. The first-order valence-electron chi connectivity index (χ1n) is 9.17. The van der Waals surface area contributed by atoms with Crippen LogP contribution in [0.5, 0.6) is 0 Å². The average Bonchev–Trinajstić information content (AvgIpc) is 2.64. The molecule has 1 aliphatic heterocycles. The summed E-state index contributed by atoms with van der Waals surface area (Å²) in [6.07, 6.45) is -4.48. The lowest BCUT2D eigenvalue weighted by Crippen LogP contribution is -2.45. The van der Waals surface area contributed by atoms with Gasteiger partial charge in [-0.1, -0.05) is 6.07 Å². The Hall–Kier alpha value is -2.88. The van der Waals surface area contributed by atoms with Gasteiger partial charge in [0, 0.05) is 31.9 Å². The summed E-state index contributed by atoms with van der Waals surface area (Å²) >= 11 is 0. The summed E-state index contributed by atoms with van der Waals surface area (Å²) in [6, 6.07) is 3.80. The zero-order chi connectivity index (χ0) is 21.2. The Morgan fingerprint density at radius 2 is 1.66 bits per heavy atom. The van der Waals surface area contributed by atoms with Crippen LogP contribution in [0, 0.1) is 13.8 Å². The zero-order valence-corrected chi connectivity index (χ0v) is 16.5. The first-order valence-corrected chi connectivity index (χ1v) is 9.17. The molecule has 2 N–H and O–H groups in total. The second-order valence-electron chi connectivity index (χ2n) is 7.02. The highest BCUT2D eigenvalue weighted by molar-refractivity contribution is 6.00. The third-order valence-corrected chi connectivity index (χ3v) is 4.73. The molecule has 0 aliphatic carbocycles. The molecule has 3 rings (SSSR count). The Morgan fingerprint density at radius 3 is 2.24 bits per heavy atom. The number of aryl methyl sites for hydroxylation is 2. The molecular weight excluding hydrogens is 385 g/mol. The predicted molar refractivity (Wildman–Crippen MR) is 105 cm³/mol. The molecule has 1 aliphatic rings. The number of rotatable bonds is 3. The van der Waals surface area contributed by atoms with Gasteiger partial charge in [-0.05, 0) is 39.1 Å². The van der Waals surface area contributed by atoms with Crippen LogP contribution in [0.2, 0.25) is 0 Å². The van der Waals surface area contributed by atoms with E-state index in [-0.39, 0.29) is 5.69 Å². The fourth-order valence-electron chi connectivity index (χ4n) is 3.08. The Labute approximate surface area is 166 Å². The number of likely N-dealkylation sites (N-methyl/N-ethyl adjacent to an activating group) is 1. The van der Waals surface area contributed by atoms with Crippen LogP contribution in [0.15, 0.2) is 24.3 Å². The maximum atomic E-state index is 12.8. The van der Waals surface area contributed by atoms with Crippen molar-refractivity contribution in [1.29, 1.82) is 0 Å². The van der Waals surface area contributed by atoms with Crippen molar-refractivity contribution in [2.45, 2.75) is 20.0 Å². The minimum Gasteiger partial charge on any atom is -0.338 e. The molecule has 2 aromatic rings. The first-order chi connectivity index (χ1) is 13.6. The van der Waals surface area contributed by atoms with Gasteiger partial charge >= 0.3 is 12.2 Å². The monoisotopic (exact) mass is 408 g/mol. The molecule has 7 nitrogen and oxygen atoms in total. The quantitative estimate of drug-likeness (QED) is 0.813. The summed E-state index contributed by atoms with van der Waals surface area (Å²) in [4.78, 5) is 25.6. The zero-order valence-electron chi connectivity index (χ0n) is 16.5. The van der Waals surface area contributed by atoms with Gasteiger partial charge in [0.05, 0.1) is 22.6 Å². The molecule has 2 amide bonds. The van der Waals surface area contributed by atoms with E-state index in [9.17, 15) is 18.0 Å². The van der Waals surface area contributed by atoms with Crippen molar-refractivity contribution >= 4 is 23.4 Å². The van der Waals surface area contributed by atoms with E-state index in [1.807, 2.05) is 0 Å². The number of alkyl halides is 3. The van der Waals surface area contributed by atoms with Crippen LogP contribution in [0.3, 0.4) is 0 Å². The van der Waals surface area contributed by atoms with Crippen LogP contribution in [0.4, 0.5) is 35.3 Å². The molecule has 0 bridgehead atoms. The molecule has 0 unspecified atom stereocenters. The van der Waals surface area contributed by atoms with E-state index < -0.39 is 17.8 Å². The van der Waals surface area contributed by atoms with E-state index >= 15 is 0 Å². The molecule has 2 heterocycles. The summed E-state index contributed by atoms with van der Waals surface area (Å²) < 4.78 is 38.5. The molecule has 0 saturated carbocycles. The number of amides is 2. The van der Waals surface area contributed by atoms with Gasteiger partial charge in [-0.15, -0.1) is 0 Å². The number of aromatic nitrogens is 2. The number of nitrogens with zero attached hydrogens (tertiary/aromatic N) is 4. The summed E-state index contributed by atoms with van der Waals surface area (Å²) in [5.41, 5.74) is 0.828. The highest BCUT2D eigenvalue weighted by Crippen LogP contribution is 2.30. The van der Waals surface area contributed by atoms with Gasteiger partial charge in [-0.25, -0.2) is 14.8 Å². The maximum absolute atomic E-state index is 12.8. The molecule has 1 aromatic heterocycles. The number of carbonyl (C=O) groups is 1. The summed E-state index contributed by atoms with van der Waals surface area (Å²) in [6.45, 7) is 6.99. The fourth-order valence-corrected chi connectivity index (χ4v) is 3.08. The van der Waals surface area contributed by atoms with Gasteiger partial charge in [-0.2, -0.15) is 13.2 Å². The number of nitrogens with one attached hydrogen (secondary N) is 2. The van der Waals surface area contributed by atoms with Crippen molar-refractivity contribution < 1.29 is 18.0 Å². The van der Waals surface area contributed by atoms with E-state index in [0.29, 0.717) is 23.0 Å². The number of anilines is 3. The van der Waals surface area contributed by atoms with Crippen molar-refractivity contribution in [1.82, 2.24) is 14.9 Å². The van der Waals surface area contributed by atoms with Gasteiger partial charge < -0.3 is 20.4 Å². The molecule has 156 valence electrons. The van der Waals surface area contributed by atoms with E-state index in [2.05, 4.69) is 37.4 Å². The molecule has 0 atom stereocenters. The number of urea groups is 1. The molecule has 1 fully saturated rings. The van der Waals surface area contributed by atoms with Gasteiger partial charge in [0.1, 0.15) is 0 Å². The van der Waals surface area contributed by atoms with Crippen LogP contribution in [0.25, 0.3) is 0 Å². The lowest BCUT2D eigenvalue weighted by molar-refractivity contribution is -0.137. The molecule has 1 aromatic carbocycles. The van der Waals surface area contributed by atoms with Crippen molar-refractivity contribution in [3.63, 3.8) is 0 Å². The Morgan fingerprint density at radius 1 is 1.03 bits per heavy atom. The van der Waals surface area contributed by atoms with Crippen LogP contribution >= 0.6 is 0 Å². The molecular formula is C19H23F3N6O. The fraction of sp³-hybridized carbons (Fsp3) is 0.421. The average molecular weight is 408 g/mol. The molecule has 0 spiro atoms. The van der Waals surface area contributed by atoms with Crippen molar-refractivity contribution in [2.75, 3.05) is 48.8 Å². The lowest BCUT2D eigenvalue weighted by Gasteiger charge is -2.32. The van der Waals surface area contributed by atoms with Crippen LogP contribution < -0.4 is 15.5 Å². The topological polar surface area (TPSA) is 73.4 Å². The number of benzene rings is 1. The third-order valence-electron chi connectivity index (χ3n) is 4.73. The predicted octanol–water partition coefficient (Wildman–Crippen LogP) is 3.51. The van der Waals surface area contributed by atoms with Crippen LogP contribution in [-0.2, 0) is 6.18 Å². The van der Waals surface area contributed by atoms with Gasteiger partial charge in [0.25, 0.3) is 0 Å². The minimum atomic E-state index is -4.48. The Balaban J connectivity index is 1.71. The summed E-state index contributed by atoms with van der Waals surface area (Å²) in [5.74, 6) is 0.608. The van der Waals surface area contributed by atoms with Crippen molar-refractivity contribution in [2.24, 2.45) is 0 Å². The number of hydrogen-bond acceptors (Lipinski definition) is 5. The number of hydrogen-bond donors (Lipinski definition) is 2. The largest absolute Gasteiger partial charge is 0.416 e. The number of halogens is 3. The smallest absolute Gasteiger partial charge is 0.338 e.